The fourth-order valence-corrected chi connectivity index (χ4v) is 1.59. The van der Waals surface area contributed by atoms with Gasteiger partial charge in [0.05, 0.1) is 0 Å². The Bertz CT molecular complexity index is 121. The molecule has 0 bridgehead atoms. The summed E-state index contributed by atoms with van der Waals surface area (Å²) in [5.41, 5.74) is 0. The molecule has 0 aromatic carbocycles. The number of likely N-dealkylation sites (tertiary alicyclic amines) is 1. The van der Waals surface area contributed by atoms with Crippen molar-refractivity contribution in [3.63, 3.8) is 0 Å². The van der Waals surface area contributed by atoms with Crippen molar-refractivity contribution in [3.8, 4) is 0 Å². The Balaban J connectivity index is 2.33. The van der Waals surface area contributed by atoms with E-state index in [1.165, 1.54) is 6.42 Å². The van der Waals surface area contributed by atoms with E-state index in [9.17, 15) is 4.39 Å². The van der Waals surface area contributed by atoms with E-state index in [-0.39, 0.29) is 12.2 Å². The Labute approximate surface area is 74.9 Å². The van der Waals surface area contributed by atoms with Gasteiger partial charge in [-0.1, -0.05) is 20.3 Å². The van der Waals surface area contributed by atoms with Crippen molar-refractivity contribution in [3.05, 3.63) is 6.30 Å². The lowest BCUT2D eigenvalue weighted by atomic mass is 10.0. The lowest BCUT2D eigenvalue weighted by molar-refractivity contribution is 0.118. The molecule has 1 aliphatic heterocycles. The molecule has 1 rings (SSSR count). The van der Waals surface area contributed by atoms with E-state index in [1.54, 1.807) is 0 Å². The summed E-state index contributed by atoms with van der Waals surface area (Å²) in [5.74, 6) is 0.114. The van der Waals surface area contributed by atoms with Gasteiger partial charge in [0.1, 0.15) is 0 Å². The molecule has 2 heteroatoms. The predicted molar refractivity (Wildman–Crippen MR) is 49.2 cm³/mol. The van der Waals surface area contributed by atoms with Crippen LogP contribution in [0.3, 0.4) is 0 Å². The number of rotatable bonds is 3. The monoisotopic (exact) mass is 172 g/mol. The summed E-state index contributed by atoms with van der Waals surface area (Å²) in [4.78, 5) is 1.91. The molecule has 1 radical (unpaired) electrons. The second-order valence-corrected chi connectivity index (χ2v) is 3.68. The average molecular weight is 172 g/mol. The van der Waals surface area contributed by atoms with Gasteiger partial charge >= 0.3 is 0 Å². The van der Waals surface area contributed by atoms with Crippen LogP contribution in [0.1, 0.15) is 39.5 Å². The summed E-state index contributed by atoms with van der Waals surface area (Å²) in [7, 11) is 0. The molecule has 1 fully saturated rings. The Morgan fingerprint density at radius 1 is 1.33 bits per heavy atom. The van der Waals surface area contributed by atoms with Gasteiger partial charge in [-0.25, -0.2) is 4.39 Å². The maximum atomic E-state index is 13.5. The normalized spacial score (nSPS) is 23.0. The minimum atomic E-state index is 0.109. The third kappa shape index (κ3) is 2.44. The lowest BCUT2D eigenvalue weighted by Crippen LogP contribution is -2.34. The molecule has 0 amide bonds. The molecule has 1 heterocycles. The van der Waals surface area contributed by atoms with Crippen molar-refractivity contribution >= 4 is 0 Å². The second-order valence-electron chi connectivity index (χ2n) is 3.68. The molecule has 0 saturated carbocycles. The number of piperidine rings is 1. The number of hydrogen-bond donors (Lipinski definition) is 0. The maximum Gasteiger partial charge on any atom is 0.214 e. The molecule has 0 aromatic heterocycles. The molecule has 1 saturated heterocycles. The van der Waals surface area contributed by atoms with Gasteiger partial charge in [-0.05, 0) is 19.3 Å². The van der Waals surface area contributed by atoms with Crippen LogP contribution in [-0.2, 0) is 0 Å². The van der Waals surface area contributed by atoms with Crippen LogP contribution in [0, 0.1) is 12.2 Å². The molecule has 12 heavy (non-hydrogen) atoms. The first kappa shape index (κ1) is 9.97. The van der Waals surface area contributed by atoms with Crippen LogP contribution >= 0.6 is 0 Å². The highest BCUT2D eigenvalue weighted by Crippen LogP contribution is 2.26. The Hall–Kier alpha value is -0.110. The predicted octanol–water partition coefficient (Wildman–Crippen LogP) is 2.98. The quantitative estimate of drug-likeness (QED) is 0.591. The number of hydrogen-bond acceptors (Lipinski definition) is 1. The SMILES string of the molecule is CCC(C)[C](F)N1CCCCC1. The number of halogens is 1. The van der Waals surface area contributed by atoms with Crippen molar-refractivity contribution in [1.82, 2.24) is 4.90 Å². The lowest BCUT2D eigenvalue weighted by Gasteiger charge is -2.31. The zero-order valence-corrected chi connectivity index (χ0v) is 8.15. The van der Waals surface area contributed by atoms with Gasteiger partial charge in [-0.2, -0.15) is 0 Å². The van der Waals surface area contributed by atoms with E-state index >= 15 is 0 Å². The zero-order valence-electron chi connectivity index (χ0n) is 8.15. The second kappa shape index (κ2) is 4.80. The van der Waals surface area contributed by atoms with E-state index in [4.69, 9.17) is 0 Å². The van der Waals surface area contributed by atoms with E-state index in [0.29, 0.717) is 0 Å². The fourth-order valence-electron chi connectivity index (χ4n) is 1.59. The molecule has 1 aliphatic rings. The smallest absolute Gasteiger partial charge is 0.214 e. The fraction of sp³-hybridized carbons (Fsp3) is 0.900. The van der Waals surface area contributed by atoms with Crippen molar-refractivity contribution < 1.29 is 4.39 Å². The van der Waals surface area contributed by atoms with Crippen LogP contribution < -0.4 is 0 Å². The summed E-state index contributed by atoms with van der Waals surface area (Å²) in [6.45, 7) is 5.85. The van der Waals surface area contributed by atoms with Crippen molar-refractivity contribution in [2.24, 2.45) is 5.92 Å². The zero-order chi connectivity index (χ0) is 8.97. The van der Waals surface area contributed by atoms with E-state index < -0.39 is 0 Å². The van der Waals surface area contributed by atoms with Gasteiger partial charge < -0.3 is 0 Å². The topological polar surface area (TPSA) is 3.24 Å². The highest BCUT2D eigenvalue weighted by atomic mass is 19.1. The molecule has 1 nitrogen and oxygen atoms in total. The Kier molecular flexibility index (Phi) is 3.99. The molecular weight excluding hydrogens is 153 g/mol. The first-order valence-corrected chi connectivity index (χ1v) is 5.03. The van der Waals surface area contributed by atoms with Gasteiger partial charge in [0.2, 0.25) is 6.30 Å². The van der Waals surface area contributed by atoms with E-state index in [2.05, 4.69) is 0 Å². The van der Waals surface area contributed by atoms with Gasteiger partial charge in [-0.3, -0.25) is 4.90 Å². The first-order valence-electron chi connectivity index (χ1n) is 5.03. The first-order chi connectivity index (χ1) is 5.75. The van der Waals surface area contributed by atoms with Crippen LogP contribution in [0.2, 0.25) is 0 Å². The molecular formula is C10H19FN. The highest BCUT2D eigenvalue weighted by Gasteiger charge is 2.25. The van der Waals surface area contributed by atoms with Crippen LogP contribution in [0.25, 0.3) is 0 Å². The van der Waals surface area contributed by atoms with Gasteiger partial charge in [0, 0.05) is 19.0 Å². The molecule has 1 unspecified atom stereocenters. The van der Waals surface area contributed by atoms with Crippen LogP contribution in [0.4, 0.5) is 4.39 Å². The summed E-state index contributed by atoms with van der Waals surface area (Å²) in [6.07, 6.45) is 4.59. The summed E-state index contributed by atoms with van der Waals surface area (Å²) < 4.78 is 13.5. The van der Waals surface area contributed by atoms with Gasteiger partial charge in [-0.15, -0.1) is 0 Å². The van der Waals surface area contributed by atoms with E-state index in [0.717, 1.165) is 32.4 Å². The van der Waals surface area contributed by atoms with Crippen molar-refractivity contribution in [2.75, 3.05) is 13.1 Å². The van der Waals surface area contributed by atoms with Gasteiger partial charge in [0.15, 0.2) is 0 Å². The molecule has 0 aliphatic carbocycles. The number of nitrogens with zero attached hydrogens (tertiary/aromatic N) is 1. The maximum absolute atomic E-state index is 13.5. The minimum absolute atomic E-state index is 0.109. The Morgan fingerprint density at radius 2 is 1.92 bits per heavy atom. The average Bonchev–Trinajstić information content (AvgIpc) is 2.17. The van der Waals surface area contributed by atoms with E-state index in [1.807, 2.05) is 18.7 Å². The third-order valence-electron chi connectivity index (χ3n) is 2.68. The minimum Gasteiger partial charge on any atom is -0.267 e. The molecule has 1 atom stereocenters. The van der Waals surface area contributed by atoms with Crippen molar-refractivity contribution in [1.29, 1.82) is 0 Å². The molecule has 71 valence electrons. The third-order valence-corrected chi connectivity index (χ3v) is 2.68. The van der Waals surface area contributed by atoms with Crippen LogP contribution in [0.15, 0.2) is 0 Å². The Morgan fingerprint density at radius 3 is 2.42 bits per heavy atom. The summed E-state index contributed by atoms with van der Waals surface area (Å²) >= 11 is 0. The largest absolute Gasteiger partial charge is 0.267 e. The molecule has 0 spiro atoms. The summed E-state index contributed by atoms with van der Waals surface area (Å²) in [5, 5.41) is 0. The molecule has 0 aromatic rings. The van der Waals surface area contributed by atoms with Gasteiger partial charge in [0.25, 0.3) is 0 Å². The highest BCUT2D eigenvalue weighted by molar-refractivity contribution is 4.84. The van der Waals surface area contributed by atoms with Crippen LogP contribution in [0.5, 0.6) is 0 Å². The van der Waals surface area contributed by atoms with Crippen molar-refractivity contribution in [2.45, 2.75) is 39.5 Å². The van der Waals surface area contributed by atoms with Crippen LogP contribution in [-0.4, -0.2) is 18.0 Å². The standard InChI is InChI=1S/C10H19FN/c1-3-9(2)10(11)12-7-5-4-6-8-12/h9H,3-8H2,1-2H3. The molecule has 0 N–H and O–H groups in total. The summed E-state index contributed by atoms with van der Waals surface area (Å²) in [6, 6.07) is 0.